The molecule has 0 saturated carbocycles. The normalized spacial score (nSPS) is 16.0. The van der Waals surface area contributed by atoms with Crippen LogP contribution in [0.25, 0.3) is 11.3 Å². The fourth-order valence-electron chi connectivity index (χ4n) is 4.88. The van der Waals surface area contributed by atoms with E-state index in [0.29, 0.717) is 53.3 Å². The highest BCUT2D eigenvalue weighted by Gasteiger charge is 2.30. The topological polar surface area (TPSA) is 126 Å². The van der Waals surface area contributed by atoms with E-state index in [0.717, 1.165) is 24.0 Å². The van der Waals surface area contributed by atoms with Crippen molar-refractivity contribution in [2.45, 2.75) is 38.4 Å². The van der Waals surface area contributed by atoms with E-state index in [1.54, 1.807) is 18.3 Å². The molecule has 3 N–H and O–H groups in total. The smallest absolute Gasteiger partial charge is 0.254 e. The van der Waals surface area contributed by atoms with Gasteiger partial charge in [-0.05, 0) is 49.1 Å². The molecule has 2 amide bonds. The first-order chi connectivity index (χ1) is 19.4. The molecule has 40 heavy (non-hydrogen) atoms. The second kappa shape index (κ2) is 12.6. The molecule has 0 spiro atoms. The highest BCUT2D eigenvalue weighted by molar-refractivity contribution is 6.33. The van der Waals surface area contributed by atoms with Crippen LogP contribution < -0.4 is 15.4 Å². The van der Waals surface area contributed by atoms with Crippen molar-refractivity contribution in [3.05, 3.63) is 70.4 Å². The molecule has 1 aromatic heterocycles. The minimum absolute atomic E-state index is 0.0681. The maximum absolute atomic E-state index is 13.3. The Hall–Kier alpha value is -3.73. The Kier molecular flexibility index (Phi) is 8.78. The summed E-state index contributed by atoms with van der Waals surface area (Å²) < 4.78 is 10.9. The molecule has 1 atom stereocenters. The van der Waals surface area contributed by atoms with Crippen LogP contribution >= 0.6 is 11.6 Å². The van der Waals surface area contributed by atoms with Gasteiger partial charge in [-0.3, -0.25) is 9.59 Å². The first-order valence-electron chi connectivity index (χ1n) is 13.3. The summed E-state index contributed by atoms with van der Waals surface area (Å²) in [5.41, 5.74) is 3.47. The quantitative estimate of drug-likeness (QED) is 0.340. The van der Waals surface area contributed by atoms with Crippen LogP contribution in [0.5, 0.6) is 5.75 Å². The van der Waals surface area contributed by atoms with Crippen LogP contribution in [-0.4, -0.2) is 70.8 Å². The van der Waals surface area contributed by atoms with Gasteiger partial charge in [0.15, 0.2) is 0 Å². The third-order valence-electron chi connectivity index (χ3n) is 6.99. The number of hydrogen-bond donors (Lipinski definition) is 3. The van der Waals surface area contributed by atoms with Gasteiger partial charge in [0.2, 0.25) is 11.9 Å². The number of aliphatic hydroxyl groups is 1. The lowest BCUT2D eigenvalue weighted by atomic mass is 10.0. The van der Waals surface area contributed by atoms with Crippen LogP contribution in [0.4, 0.5) is 5.95 Å². The van der Waals surface area contributed by atoms with Crippen molar-refractivity contribution >= 4 is 29.4 Å². The molecule has 5 rings (SSSR count). The number of benzene rings is 2. The van der Waals surface area contributed by atoms with Crippen molar-refractivity contribution in [2.24, 2.45) is 0 Å². The minimum atomic E-state index is -0.291. The maximum Gasteiger partial charge on any atom is 0.254 e. The second-order valence-corrected chi connectivity index (χ2v) is 10.3. The number of aliphatic hydroxyl groups excluding tert-OH is 1. The standard InChI is InChI=1S/C29H32ClN5O5/c1-18(19-3-2-4-23(13-19)40-12-9-36)32-26(37)17-35-16-21-6-5-20(14-24(21)28(35)38)27-25(30)15-31-29(34-27)33-22-7-10-39-11-8-22/h2-6,13-15,18,22,36H,7-12,16-17H2,1H3,(H,32,37)(H,31,33,34). The molecule has 1 saturated heterocycles. The van der Waals surface area contributed by atoms with Crippen molar-refractivity contribution in [1.29, 1.82) is 0 Å². The third kappa shape index (κ3) is 6.52. The Morgan fingerprint density at radius 2 is 2.08 bits per heavy atom. The molecule has 210 valence electrons. The molecule has 2 aliphatic heterocycles. The van der Waals surface area contributed by atoms with Gasteiger partial charge in [-0.25, -0.2) is 9.97 Å². The molecule has 2 aromatic carbocycles. The number of carbonyl (C=O) groups is 2. The Bertz CT molecular complexity index is 1380. The van der Waals surface area contributed by atoms with Gasteiger partial charge in [0.25, 0.3) is 5.91 Å². The first-order valence-corrected chi connectivity index (χ1v) is 13.7. The highest BCUT2D eigenvalue weighted by atomic mass is 35.5. The highest BCUT2D eigenvalue weighted by Crippen LogP contribution is 2.32. The van der Waals surface area contributed by atoms with E-state index in [1.165, 1.54) is 4.90 Å². The molecule has 3 heterocycles. The summed E-state index contributed by atoms with van der Waals surface area (Å²) in [5.74, 6) is 0.614. The SMILES string of the molecule is CC(NC(=O)CN1Cc2ccc(-c3nc(NC4CCOCC4)ncc3Cl)cc2C1=O)c1cccc(OCCO)c1. The summed E-state index contributed by atoms with van der Waals surface area (Å²) >= 11 is 6.45. The van der Waals surface area contributed by atoms with E-state index in [4.69, 9.17) is 26.2 Å². The largest absolute Gasteiger partial charge is 0.491 e. The first kappa shape index (κ1) is 27.8. The number of rotatable bonds is 10. The number of nitrogens with one attached hydrogen (secondary N) is 2. The average molecular weight is 566 g/mol. The number of aromatic nitrogens is 2. The molecule has 11 heteroatoms. The van der Waals surface area contributed by atoms with Gasteiger partial charge in [0, 0.05) is 36.9 Å². The van der Waals surface area contributed by atoms with Gasteiger partial charge in [-0.15, -0.1) is 0 Å². The Morgan fingerprint density at radius 3 is 2.88 bits per heavy atom. The zero-order valence-corrected chi connectivity index (χ0v) is 23.0. The molecule has 1 unspecified atom stereocenters. The van der Waals surface area contributed by atoms with Crippen molar-refractivity contribution < 1.29 is 24.2 Å². The van der Waals surface area contributed by atoms with Gasteiger partial charge >= 0.3 is 0 Å². The molecule has 10 nitrogen and oxygen atoms in total. The number of fused-ring (bicyclic) bond motifs is 1. The van der Waals surface area contributed by atoms with E-state index < -0.39 is 0 Å². The lowest BCUT2D eigenvalue weighted by Crippen LogP contribution is -2.38. The van der Waals surface area contributed by atoms with E-state index in [-0.39, 0.29) is 43.7 Å². The summed E-state index contributed by atoms with van der Waals surface area (Å²) in [7, 11) is 0. The number of nitrogens with zero attached hydrogens (tertiary/aromatic N) is 3. The van der Waals surface area contributed by atoms with Gasteiger partial charge in [-0.2, -0.15) is 0 Å². The molecule has 2 aliphatic rings. The van der Waals surface area contributed by atoms with Crippen LogP contribution in [-0.2, 0) is 16.1 Å². The summed E-state index contributed by atoms with van der Waals surface area (Å²) in [4.78, 5) is 36.6. The maximum atomic E-state index is 13.3. The number of carbonyl (C=O) groups excluding carboxylic acids is 2. The predicted molar refractivity (Wildman–Crippen MR) is 150 cm³/mol. The molecular weight excluding hydrogens is 534 g/mol. The van der Waals surface area contributed by atoms with Crippen molar-refractivity contribution in [1.82, 2.24) is 20.2 Å². The van der Waals surface area contributed by atoms with Crippen molar-refractivity contribution in [3.8, 4) is 17.0 Å². The number of amides is 2. The lowest BCUT2D eigenvalue weighted by molar-refractivity contribution is -0.122. The number of halogens is 1. The monoisotopic (exact) mass is 565 g/mol. The van der Waals surface area contributed by atoms with Gasteiger partial charge in [-0.1, -0.05) is 35.9 Å². The third-order valence-corrected chi connectivity index (χ3v) is 7.27. The van der Waals surface area contributed by atoms with Gasteiger partial charge in [0.05, 0.1) is 29.6 Å². The summed E-state index contributed by atoms with van der Waals surface area (Å²) in [6.45, 7) is 3.66. The predicted octanol–water partition coefficient (Wildman–Crippen LogP) is 3.59. The zero-order valence-electron chi connectivity index (χ0n) is 22.2. The van der Waals surface area contributed by atoms with Crippen molar-refractivity contribution in [2.75, 3.05) is 38.3 Å². The fourth-order valence-corrected chi connectivity index (χ4v) is 5.08. The lowest BCUT2D eigenvalue weighted by Gasteiger charge is -2.23. The van der Waals surface area contributed by atoms with Crippen LogP contribution in [0.2, 0.25) is 5.02 Å². The molecular formula is C29H32ClN5O5. The zero-order chi connectivity index (χ0) is 28.1. The Morgan fingerprint density at radius 1 is 1.25 bits per heavy atom. The van der Waals surface area contributed by atoms with Gasteiger partial charge < -0.3 is 30.1 Å². The van der Waals surface area contributed by atoms with Gasteiger partial charge in [0.1, 0.15) is 18.9 Å². The van der Waals surface area contributed by atoms with E-state index >= 15 is 0 Å². The molecule has 0 radical (unpaired) electrons. The summed E-state index contributed by atoms with van der Waals surface area (Å²) in [6.07, 6.45) is 3.32. The summed E-state index contributed by atoms with van der Waals surface area (Å²) in [6, 6.07) is 12.8. The molecule has 1 fully saturated rings. The Labute approximate surface area is 237 Å². The number of anilines is 1. The van der Waals surface area contributed by atoms with E-state index in [1.807, 2.05) is 37.3 Å². The van der Waals surface area contributed by atoms with E-state index in [2.05, 4.69) is 20.6 Å². The van der Waals surface area contributed by atoms with E-state index in [9.17, 15) is 9.59 Å². The van der Waals surface area contributed by atoms with Crippen LogP contribution in [0, 0.1) is 0 Å². The molecule has 0 bridgehead atoms. The van der Waals surface area contributed by atoms with Crippen LogP contribution in [0.15, 0.2) is 48.7 Å². The van der Waals surface area contributed by atoms with Crippen LogP contribution in [0.3, 0.4) is 0 Å². The molecule has 3 aromatic rings. The minimum Gasteiger partial charge on any atom is -0.491 e. The van der Waals surface area contributed by atoms with Crippen LogP contribution in [0.1, 0.15) is 47.3 Å². The second-order valence-electron chi connectivity index (χ2n) is 9.89. The van der Waals surface area contributed by atoms with Crippen molar-refractivity contribution in [3.63, 3.8) is 0 Å². The average Bonchev–Trinajstić information content (AvgIpc) is 3.27. The Balaban J connectivity index is 1.23. The number of ether oxygens (including phenoxy) is 2. The number of hydrogen-bond acceptors (Lipinski definition) is 8. The fraction of sp³-hybridized carbons (Fsp3) is 0.379. The summed E-state index contributed by atoms with van der Waals surface area (Å²) in [5, 5.41) is 15.7. The molecule has 0 aliphatic carbocycles.